The molecule has 0 fully saturated rings. The van der Waals surface area contributed by atoms with Gasteiger partial charge in [-0.25, -0.2) is 0 Å². The minimum Gasteiger partial charge on any atom is -0.495 e. The molecule has 2 aromatic rings. The molecule has 0 aliphatic rings. The van der Waals surface area contributed by atoms with Crippen LogP contribution >= 0.6 is 11.8 Å². The summed E-state index contributed by atoms with van der Waals surface area (Å²) in [5.41, 5.74) is 0.574. The number of hydrogen-bond acceptors (Lipinski definition) is 6. The van der Waals surface area contributed by atoms with Gasteiger partial charge in [-0.2, -0.15) is 0 Å². The number of para-hydroxylation sites is 2. The highest BCUT2D eigenvalue weighted by Crippen LogP contribution is 2.23. The third-order valence-electron chi connectivity index (χ3n) is 2.56. The van der Waals surface area contributed by atoms with Gasteiger partial charge in [0.05, 0.1) is 18.6 Å². The third kappa shape index (κ3) is 4.06. The van der Waals surface area contributed by atoms with Crippen LogP contribution in [0.25, 0.3) is 0 Å². The first-order valence-electron chi connectivity index (χ1n) is 6.09. The van der Waals surface area contributed by atoms with Crippen LogP contribution in [0.2, 0.25) is 0 Å². The molecule has 0 unspecified atom stereocenters. The number of amides is 1. The molecule has 8 heteroatoms. The molecule has 1 amide bonds. The van der Waals surface area contributed by atoms with Crippen LogP contribution in [-0.2, 0) is 4.79 Å². The Bertz CT molecular complexity index is 702. The number of nitrogens with one attached hydrogen (secondary N) is 2. The van der Waals surface area contributed by atoms with Crippen LogP contribution in [0.1, 0.15) is 5.69 Å². The average molecular weight is 306 g/mol. The number of carbonyl (C=O) groups excluding carboxylic acids is 1. The molecule has 110 valence electrons. The van der Waals surface area contributed by atoms with Crippen molar-refractivity contribution in [2.24, 2.45) is 0 Å². The number of nitrogens with zero attached hydrogens (tertiary/aromatic N) is 2. The maximum absolute atomic E-state index is 11.9. The molecule has 0 atom stereocenters. The van der Waals surface area contributed by atoms with Crippen LogP contribution in [-0.4, -0.2) is 34.0 Å². The third-order valence-corrected chi connectivity index (χ3v) is 3.42. The molecule has 1 heterocycles. The lowest BCUT2D eigenvalue weighted by atomic mass is 10.3. The van der Waals surface area contributed by atoms with Crippen LogP contribution in [0.15, 0.2) is 34.2 Å². The topological polar surface area (TPSA) is 97.0 Å². The zero-order valence-electron chi connectivity index (χ0n) is 11.5. The molecule has 0 saturated heterocycles. The van der Waals surface area contributed by atoms with E-state index in [1.54, 1.807) is 25.1 Å². The van der Waals surface area contributed by atoms with Crippen molar-refractivity contribution in [2.75, 3.05) is 18.2 Å². The van der Waals surface area contributed by atoms with Crippen molar-refractivity contribution in [3.63, 3.8) is 0 Å². The monoisotopic (exact) mass is 306 g/mol. The lowest BCUT2D eigenvalue weighted by Crippen LogP contribution is -2.17. The highest BCUT2D eigenvalue weighted by atomic mass is 32.2. The first-order valence-corrected chi connectivity index (χ1v) is 7.08. The fourth-order valence-corrected chi connectivity index (χ4v) is 2.11. The predicted molar refractivity (Wildman–Crippen MR) is 79.7 cm³/mol. The normalized spacial score (nSPS) is 10.2. The van der Waals surface area contributed by atoms with E-state index in [-0.39, 0.29) is 22.9 Å². The number of aromatic amines is 1. The molecule has 1 aromatic carbocycles. The quantitative estimate of drug-likeness (QED) is 0.806. The molecular weight excluding hydrogens is 292 g/mol. The number of aromatic nitrogens is 3. The molecule has 0 aliphatic carbocycles. The second kappa shape index (κ2) is 6.89. The lowest BCUT2D eigenvalue weighted by Gasteiger charge is -2.09. The van der Waals surface area contributed by atoms with Gasteiger partial charge in [0.1, 0.15) is 11.4 Å². The number of benzene rings is 1. The zero-order valence-corrected chi connectivity index (χ0v) is 12.4. The number of hydrogen-bond donors (Lipinski definition) is 2. The summed E-state index contributed by atoms with van der Waals surface area (Å²) in [4.78, 5) is 25.8. The first kappa shape index (κ1) is 15.0. The molecule has 0 spiro atoms. The highest BCUT2D eigenvalue weighted by Gasteiger charge is 2.09. The minimum atomic E-state index is -0.308. The van der Waals surface area contributed by atoms with Crippen molar-refractivity contribution in [3.05, 3.63) is 40.3 Å². The largest absolute Gasteiger partial charge is 0.495 e. The summed E-state index contributed by atoms with van der Waals surface area (Å²) in [5, 5.41) is 10.5. The molecule has 0 radical (unpaired) electrons. The van der Waals surface area contributed by atoms with E-state index in [1.165, 1.54) is 7.11 Å². The molecule has 0 bridgehead atoms. The molecule has 2 N–H and O–H groups in total. The number of rotatable bonds is 5. The van der Waals surface area contributed by atoms with Crippen molar-refractivity contribution < 1.29 is 9.53 Å². The van der Waals surface area contributed by atoms with Crippen LogP contribution in [0.5, 0.6) is 5.75 Å². The first-order chi connectivity index (χ1) is 10.1. The summed E-state index contributed by atoms with van der Waals surface area (Å²) in [5.74, 6) is 0.457. The van der Waals surface area contributed by atoms with E-state index < -0.39 is 0 Å². The molecular formula is C13H14N4O3S. The number of ether oxygens (including phenoxy) is 1. The Morgan fingerprint density at radius 2 is 2.14 bits per heavy atom. The Labute approximate surface area is 125 Å². The maximum Gasteiger partial charge on any atom is 0.273 e. The van der Waals surface area contributed by atoms with E-state index in [4.69, 9.17) is 4.74 Å². The minimum absolute atomic E-state index is 0.103. The summed E-state index contributed by atoms with van der Waals surface area (Å²) in [6.45, 7) is 1.56. The number of carbonyl (C=O) groups is 1. The van der Waals surface area contributed by atoms with Crippen LogP contribution in [0, 0.1) is 6.92 Å². The molecule has 2 rings (SSSR count). The van der Waals surface area contributed by atoms with Gasteiger partial charge in [-0.1, -0.05) is 23.9 Å². The van der Waals surface area contributed by atoms with E-state index in [0.29, 0.717) is 16.6 Å². The van der Waals surface area contributed by atoms with E-state index in [1.807, 2.05) is 6.07 Å². The Morgan fingerprint density at radius 1 is 1.38 bits per heavy atom. The van der Waals surface area contributed by atoms with Crippen molar-refractivity contribution in [2.45, 2.75) is 12.1 Å². The van der Waals surface area contributed by atoms with Gasteiger partial charge in [0.2, 0.25) is 5.91 Å². The Morgan fingerprint density at radius 3 is 2.86 bits per heavy atom. The summed E-state index contributed by atoms with van der Waals surface area (Å²) in [6, 6.07) is 7.12. The summed E-state index contributed by atoms with van der Waals surface area (Å²) < 4.78 is 5.15. The van der Waals surface area contributed by atoms with Crippen molar-refractivity contribution in [1.29, 1.82) is 0 Å². The van der Waals surface area contributed by atoms with Crippen molar-refractivity contribution >= 4 is 23.4 Å². The van der Waals surface area contributed by atoms with Gasteiger partial charge in [-0.05, 0) is 19.1 Å². The summed E-state index contributed by atoms with van der Waals surface area (Å²) in [7, 11) is 1.53. The number of methoxy groups -OCH3 is 1. The molecule has 1 aromatic heterocycles. The number of H-pyrrole nitrogens is 1. The van der Waals surface area contributed by atoms with Crippen LogP contribution in [0.3, 0.4) is 0 Å². The van der Waals surface area contributed by atoms with Crippen LogP contribution < -0.4 is 15.6 Å². The highest BCUT2D eigenvalue weighted by molar-refractivity contribution is 7.99. The van der Waals surface area contributed by atoms with E-state index in [0.717, 1.165) is 11.8 Å². The maximum atomic E-state index is 11.9. The second-order valence-electron chi connectivity index (χ2n) is 4.08. The van der Waals surface area contributed by atoms with Crippen LogP contribution in [0.4, 0.5) is 5.69 Å². The van der Waals surface area contributed by atoms with Gasteiger partial charge >= 0.3 is 0 Å². The summed E-state index contributed by atoms with van der Waals surface area (Å²) in [6.07, 6.45) is 0. The van der Waals surface area contributed by atoms with E-state index in [9.17, 15) is 9.59 Å². The van der Waals surface area contributed by atoms with Gasteiger partial charge < -0.3 is 10.1 Å². The molecule has 0 saturated carbocycles. The predicted octanol–water partition coefficient (Wildman–Crippen LogP) is 1.21. The Kier molecular flexibility index (Phi) is 4.94. The van der Waals surface area contributed by atoms with Gasteiger partial charge in [-0.15, -0.1) is 10.2 Å². The summed E-state index contributed by atoms with van der Waals surface area (Å²) >= 11 is 1.10. The van der Waals surface area contributed by atoms with Gasteiger partial charge in [-0.3, -0.25) is 14.6 Å². The molecule has 0 aliphatic heterocycles. The smallest absolute Gasteiger partial charge is 0.273 e. The average Bonchev–Trinajstić information content (AvgIpc) is 2.49. The van der Waals surface area contributed by atoms with Gasteiger partial charge in [0.25, 0.3) is 5.56 Å². The SMILES string of the molecule is COc1ccccc1NC(=O)CSc1nnc(C)c(=O)[nH]1. The van der Waals surface area contributed by atoms with Gasteiger partial charge in [0, 0.05) is 0 Å². The van der Waals surface area contributed by atoms with E-state index in [2.05, 4.69) is 20.5 Å². The van der Waals surface area contributed by atoms with Crippen molar-refractivity contribution in [3.8, 4) is 5.75 Å². The van der Waals surface area contributed by atoms with E-state index >= 15 is 0 Å². The number of aryl methyl sites for hydroxylation is 1. The number of anilines is 1. The number of thioether (sulfide) groups is 1. The Hall–Kier alpha value is -2.35. The standard InChI is InChI=1S/C13H14N4O3S/c1-8-12(19)15-13(17-16-8)21-7-11(18)14-9-5-3-4-6-10(9)20-2/h3-6H,7H2,1-2H3,(H,14,18)(H,15,17,19). The Balaban J connectivity index is 1.96. The zero-order chi connectivity index (χ0) is 15.2. The van der Waals surface area contributed by atoms with Crippen molar-refractivity contribution in [1.82, 2.24) is 15.2 Å². The molecule has 7 nitrogen and oxygen atoms in total. The van der Waals surface area contributed by atoms with Gasteiger partial charge in [0.15, 0.2) is 5.16 Å². The second-order valence-corrected chi connectivity index (χ2v) is 5.05. The fraction of sp³-hybridized carbons (Fsp3) is 0.231. The lowest BCUT2D eigenvalue weighted by molar-refractivity contribution is -0.113. The molecule has 21 heavy (non-hydrogen) atoms. The fourth-order valence-electron chi connectivity index (χ4n) is 1.51.